The lowest BCUT2D eigenvalue weighted by Gasteiger charge is -2.16. The Balaban J connectivity index is 2.21. The van der Waals surface area contributed by atoms with Crippen LogP contribution in [0.5, 0.6) is 11.5 Å². The molecule has 3 aromatic rings. The van der Waals surface area contributed by atoms with Gasteiger partial charge >= 0.3 is 5.97 Å². The monoisotopic (exact) mass is 352 g/mol. The van der Waals surface area contributed by atoms with Crippen molar-refractivity contribution in [2.24, 2.45) is 0 Å². The molecule has 3 rings (SSSR count). The molecule has 0 amide bonds. The van der Waals surface area contributed by atoms with E-state index < -0.39 is 5.97 Å². The highest BCUT2D eigenvalue weighted by Gasteiger charge is 2.19. The van der Waals surface area contributed by atoms with Crippen LogP contribution < -0.4 is 10.1 Å². The number of aromatic hydroxyl groups is 1. The van der Waals surface area contributed by atoms with Gasteiger partial charge in [-0.15, -0.1) is 0 Å². The van der Waals surface area contributed by atoms with Crippen LogP contribution in [0.1, 0.15) is 22.8 Å². The first-order valence-corrected chi connectivity index (χ1v) is 8.24. The van der Waals surface area contributed by atoms with Gasteiger partial charge in [0.05, 0.1) is 19.4 Å². The number of carbonyl (C=O) groups excluding carboxylic acids is 1. The minimum absolute atomic E-state index is 0.180. The Morgan fingerprint density at radius 2 is 2.08 bits per heavy atom. The van der Waals surface area contributed by atoms with Gasteiger partial charge in [-0.25, -0.2) is 4.79 Å². The van der Waals surface area contributed by atoms with Crippen molar-refractivity contribution in [3.63, 3.8) is 0 Å². The third-order valence-corrected chi connectivity index (χ3v) is 4.05. The fourth-order valence-corrected chi connectivity index (χ4v) is 2.78. The maximum Gasteiger partial charge on any atom is 0.341 e. The van der Waals surface area contributed by atoms with Crippen LogP contribution in [0.2, 0.25) is 0 Å². The molecule has 134 valence electrons. The van der Waals surface area contributed by atoms with E-state index in [1.807, 2.05) is 25.1 Å². The zero-order valence-electron chi connectivity index (χ0n) is 14.9. The van der Waals surface area contributed by atoms with Gasteiger partial charge in [0.25, 0.3) is 0 Å². The second-order valence-corrected chi connectivity index (χ2v) is 5.75. The predicted octanol–water partition coefficient (Wildman–Crippen LogP) is 4.18. The van der Waals surface area contributed by atoms with Gasteiger partial charge in [0.2, 0.25) is 0 Å². The van der Waals surface area contributed by atoms with E-state index in [1.165, 1.54) is 6.20 Å². The first-order chi connectivity index (χ1) is 12.5. The number of methoxy groups -OCH3 is 1. The predicted molar refractivity (Wildman–Crippen MR) is 100 cm³/mol. The van der Waals surface area contributed by atoms with E-state index in [9.17, 15) is 9.90 Å². The Kier molecular flexibility index (Phi) is 4.93. The molecule has 0 saturated heterocycles. The number of hydrogen-bond acceptors (Lipinski definition) is 6. The second-order valence-electron chi connectivity index (χ2n) is 5.75. The molecule has 2 N–H and O–H groups in total. The molecule has 0 spiro atoms. The molecular weight excluding hydrogens is 332 g/mol. The van der Waals surface area contributed by atoms with Crippen molar-refractivity contribution in [2.75, 3.05) is 19.0 Å². The summed E-state index contributed by atoms with van der Waals surface area (Å²) in [5, 5.41) is 13.7. The van der Waals surface area contributed by atoms with E-state index in [0.29, 0.717) is 22.5 Å². The first-order valence-electron chi connectivity index (χ1n) is 8.24. The molecule has 2 aromatic carbocycles. The smallest absolute Gasteiger partial charge is 0.341 e. The van der Waals surface area contributed by atoms with Crippen LogP contribution in [0.25, 0.3) is 10.9 Å². The number of phenols is 1. The average Bonchev–Trinajstić information content (AvgIpc) is 2.63. The Morgan fingerprint density at radius 3 is 2.77 bits per heavy atom. The number of esters is 1. The second kappa shape index (κ2) is 7.31. The summed E-state index contributed by atoms with van der Waals surface area (Å²) in [5.74, 6) is 0.340. The van der Waals surface area contributed by atoms with Crippen LogP contribution >= 0.6 is 0 Å². The molecule has 1 heterocycles. The molecule has 0 aliphatic carbocycles. The van der Waals surface area contributed by atoms with Gasteiger partial charge < -0.3 is 19.9 Å². The number of ether oxygens (including phenoxy) is 2. The highest BCUT2D eigenvalue weighted by Crippen LogP contribution is 2.35. The zero-order chi connectivity index (χ0) is 18.7. The van der Waals surface area contributed by atoms with Crippen LogP contribution in [0.3, 0.4) is 0 Å². The lowest BCUT2D eigenvalue weighted by atomic mass is 10.1. The molecule has 0 aliphatic rings. The molecule has 6 heteroatoms. The number of aromatic nitrogens is 1. The first kappa shape index (κ1) is 17.5. The van der Waals surface area contributed by atoms with Crippen LogP contribution in [-0.2, 0) is 4.74 Å². The standard InChI is InChI=1S/C20H20N2O4/c1-4-26-20(24)15-11-21-19-14(6-5-7-17(19)25-3)18(15)22-16-9-8-13(23)10-12(16)2/h5-11,23H,4H2,1-3H3,(H,21,22). The number of hydrogen-bond donors (Lipinski definition) is 2. The number of para-hydroxylation sites is 1. The molecular formula is C20H20N2O4. The molecule has 6 nitrogen and oxygen atoms in total. The van der Waals surface area contributed by atoms with E-state index in [2.05, 4.69) is 10.3 Å². The summed E-state index contributed by atoms with van der Waals surface area (Å²) in [7, 11) is 1.58. The fraction of sp³-hybridized carbons (Fsp3) is 0.200. The Hall–Kier alpha value is -3.28. The van der Waals surface area contributed by atoms with Crippen molar-refractivity contribution in [1.82, 2.24) is 4.98 Å². The van der Waals surface area contributed by atoms with Gasteiger partial charge in [0.15, 0.2) is 0 Å². The van der Waals surface area contributed by atoms with Crippen molar-refractivity contribution >= 4 is 28.2 Å². The van der Waals surface area contributed by atoms with E-state index in [-0.39, 0.29) is 12.4 Å². The Labute approximate surface area is 151 Å². The Morgan fingerprint density at radius 1 is 1.27 bits per heavy atom. The number of phenolic OH excluding ortho intramolecular Hbond substituents is 1. The summed E-state index contributed by atoms with van der Waals surface area (Å²) in [5.41, 5.74) is 3.17. The summed E-state index contributed by atoms with van der Waals surface area (Å²) < 4.78 is 10.6. The number of pyridine rings is 1. The highest BCUT2D eigenvalue weighted by atomic mass is 16.5. The number of aryl methyl sites for hydroxylation is 1. The molecule has 0 bridgehead atoms. The quantitative estimate of drug-likeness (QED) is 0.530. The van der Waals surface area contributed by atoms with Crippen LogP contribution in [-0.4, -0.2) is 29.8 Å². The number of nitrogens with zero attached hydrogens (tertiary/aromatic N) is 1. The van der Waals surface area contributed by atoms with E-state index >= 15 is 0 Å². The molecule has 0 saturated carbocycles. The van der Waals surface area contributed by atoms with Gasteiger partial charge in [0.1, 0.15) is 22.6 Å². The average molecular weight is 352 g/mol. The van der Waals surface area contributed by atoms with Crippen LogP contribution in [0, 0.1) is 6.92 Å². The number of fused-ring (bicyclic) bond motifs is 1. The lowest BCUT2D eigenvalue weighted by Crippen LogP contribution is -2.10. The number of carbonyl (C=O) groups is 1. The third kappa shape index (κ3) is 3.26. The topological polar surface area (TPSA) is 80.7 Å². The van der Waals surface area contributed by atoms with E-state index in [0.717, 1.165) is 16.6 Å². The van der Waals surface area contributed by atoms with Crippen molar-refractivity contribution in [2.45, 2.75) is 13.8 Å². The minimum Gasteiger partial charge on any atom is -0.508 e. The zero-order valence-corrected chi connectivity index (χ0v) is 14.9. The van der Waals surface area contributed by atoms with Crippen molar-refractivity contribution in [1.29, 1.82) is 0 Å². The Bertz CT molecular complexity index is 969. The van der Waals surface area contributed by atoms with Gasteiger partial charge in [-0.2, -0.15) is 0 Å². The molecule has 0 unspecified atom stereocenters. The van der Waals surface area contributed by atoms with Gasteiger partial charge in [-0.3, -0.25) is 4.98 Å². The highest BCUT2D eigenvalue weighted by molar-refractivity contribution is 6.07. The molecule has 1 aromatic heterocycles. The molecule has 0 aliphatic heterocycles. The fourth-order valence-electron chi connectivity index (χ4n) is 2.78. The maximum atomic E-state index is 12.4. The molecule has 0 fully saturated rings. The van der Waals surface area contributed by atoms with E-state index in [1.54, 1.807) is 32.2 Å². The summed E-state index contributed by atoms with van der Waals surface area (Å²) in [6, 6.07) is 10.5. The van der Waals surface area contributed by atoms with Gasteiger partial charge in [-0.05, 0) is 43.7 Å². The van der Waals surface area contributed by atoms with Crippen molar-refractivity contribution in [3.05, 3.63) is 53.7 Å². The molecule has 0 atom stereocenters. The number of rotatable bonds is 5. The number of anilines is 2. The lowest BCUT2D eigenvalue weighted by molar-refractivity contribution is 0.0527. The van der Waals surface area contributed by atoms with Crippen molar-refractivity contribution < 1.29 is 19.4 Å². The third-order valence-electron chi connectivity index (χ3n) is 4.05. The molecule has 26 heavy (non-hydrogen) atoms. The molecule has 0 radical (unpaired) electrons. The van der Waals surface area contributed by atoms with Gasteiger partial charge in [-0.1, -0.05) is 12.1 Å². The van der Waals surface area contributed by atoms with Gasteiger partial charge in [0, 0.05) is 17.3 Å². The van der Waals surface area contributed by atoms with Crippen LogP contribution in [0.4, 0.5) is 11.4 Å². The summed E-state index contributed by atoms with van der Waals surface area (Å²) in [6.45, 7) is 3.90. The normalized spacial score (nSPS) is 10.6. The number of nitrogens with one attached hydrogen (secondary N) is 1. The van der Waals surface area contributed by atoms with Crippen LogP contribution in [0.15, 0.2) is 42.6 Å². The largest absolute Gasteiger partial charge is 0.508 e. The number of benzene rings is 2. The summed E-state index contributed by atoms with van der Waals surface area (Å²) in [6.07, 6.45) is 1.49. The van der Waals surface area contributed by atoms with Crippen molar-refractivity contribution in [3.8, 4) is 11.5 Å². The minimum atomic E-state index is -0.455. The summed E-state index contributed by atoms with van der Waals surface area (Å²) in [4.78, 5) is 16.8. The summed E-state index contributed by atoms with van der Waals surface area (Å²) >= 11 is 0. The van der Waals surface area contributed by atoms with E-state index in [4.69, 9.17) is 9.47 Å². The SMILES string of the molecule is CCOC(=O)c1cnc2c(OC)cccc2c1Nc1ccc(O)cc1C. The maximum absolute atomic E-state index is 12.4.